The van der Waals surface area contributed by atoms with Crippen LogP contribution in [-0.4, -0.2) is 12.3 Å². The molecule has 0 amide bonds. The van der Waals surface area contributed by atoms with Crippen LogP contribution >= 0.6 is 0 Å². The zero-order valence-electron chi connectivity index (χ0n) is 12.0. The molecule has 0 saturated heterocycles. The summed E-state index contributed by atoms with van der Waals surface area (Å²) in [6.45, 7) is 6.00. The third-order valence-corrected chi connectivity index (χ3v) is 4.15. The monoisotopic (exact) mass is 265 g/mol. The van der Waals surface area contributed by atoms with Gasteiger partial charge >= 0.3 is 0 Å². The van der Waals surface area contributed by atoms with E-state index in [9.17, 15) is 4.79 Å². The van der Waals surface area contributed by atoms with Crippen LogP contribution in [0.2, 0.25) is 0 Å². The molecule has 0 fully saturated rings. The molecule has 0 spiro atoms. The number of nitrogens with zero attached hydrogens (tertiary/aromatic N) is 1. The van der Waals surface area contributed by atoms with Crippen LogP contribution in [-0.2, 0) is 6.54 Å². The lowest BCUT2D eigenvalue weighted by Gasteiger charge is -2.31. The van der Waals surface area contributed by atoms with Crippen LogP contribution < -0.4 is 4.90 Å². The van der Waals surface area contributed by atoms with E-state index in [1.807, 2.05) is 18.2 Å². The number of anilines is 1. The molecule has 1 heterocycles. The van der Waals surface area contributed by atoms with Crippen molar-refractivity contribution in [2.24, 2.45) is 0 Å². The Bertz CT molecular complexity index is 640. The van der Waals surface area contributed by atoms with Crippen LogP contribution in [0.15, 0.2) is 42.5 Å². The molecular weight excluding hydrogens is 246 g/mol. The van der Waals surface area contributed by atoms with Crippen LogP contribution in [0.25, 0.3) is 0 Å². The summed E-state index contributed by atoms with van der Waals surface area (Å²) in [4.78, 5) is 14.3. The van der Waals surface area contributed by atoms with E-state index in [1.54, 1.807) is 0 Å². The van der Waals surface area contributed by atoms with Crippen molar-refractivity contribution in [3.05, 3.63) is 64.7 Å². The number of rotatable bonds is 2. The summed E-state index contributed by atoms with van der Waals surface area (Å²) in [6, 6.07) is 14.4. The summed E-state index contributed by atoms with van der Waals surface area (Å²) in [6.07, 6.45) is 0.613. The molecule has 2 nitrogen and oxygen atoms in total. The molecule has 2 aromatic carbocycles. The van der Waals surface area contributed by atoms with Gasteiger partial charge in [0.05, 0.1) is 0 Å². The average Bonchev–Trinajstić information content (AvgIpc) is 2.46. The summed E-state index contributed by atoms with van der Waals surface area (Å²) < 4.78 is 0. The van der Waals surface area contributed by atoms with Crippen molar-refractivity contribution in [1.82, 2.24) is 0 Å². The number of fused-ring (bicyclic) bond motifs is 1. The van der Waals surface area contributed by atoms with Gasteiger partial charge in [-0.3, -0.25) is 4.79 Å². The first-order valence-corrected chi connectivity index (χ1v) is 7.09. The number of para-hydroxylation sites is 1. The highest BCUT2D eigenvalue weighted by Crippen LogP contribution is 2.29. The molecule has 20 heavy (non-hydrogen) atoms. The normalized spacial score (nSPS) is 14.3. The van der Waals surface area contributed by atoms with Gasteiger partial charge in [-0.25, -0.2) is 0 Å². The molecule has 2 heteroatoms. The van der Waals surface area contributed by atoms with Gasteiger partial charge in [0, 0.05) is 30.8 Å². The quantitative estimate of drug-likeness (QED) is 0.821. The molecule has 0 bridgehead atoms. The molecule has 0 aromatic heterocycles. The van der Waals surface area contributed by atoms with Crippen molar-refractivity contribution in [2.75, 3.05) is 11.4 Å². The van der Waals surface area contributed by atoms with Gasteiger partial charge in [-0.05, 0) is 42.7 Å². The molecule has 0 aliphatic carbocycles. The standard InChI is InChI=1S/C18H19NO/c1-13-6-5-7-14(2)16(13)12-19-11-10-18(20)15-8-3-4-9-17(15)19/h3-9H,10-12H2,1-2H3. The second-order valence-corrected chi connectivity index (χ2v) is 5.48. The van der Waals surface area contributed by atoms with Gasteiger partial charge in [0.1, 0.15) is 0 Å². The number of carbonyl (C=O) groups is 1. The van der Waals surface area contributed by atoms with E-state index in [4.69, 9.17) is 0 Å². The van der Waals surface area contributed by atoms with Crippen molar-refractivity contribution < 1.29 is 4.79 Å². The first-order chi connectivity index (χ1) is 9.66. The highest BCUT2D eigenvalue weighted by molar-refractivity contribution is 6.03. The highest BCUT2D eigenvalue weighted by Gasteiger charge is 2.23. The second kappa shape index (κ2) is 5.12. The third kappa shape index (κ3) is 2.22. The highest BCUT2D eigenvalue weighted by atomic mass is 16.1. The van der Waals surface area contributed by atoms with Crippen LogP contribution in [0, 0.1) is 13.8 Å². The maximum absolute atomic E-state index is 12.0. The molecule has 2 aromatic rings. The van der Waals surface area contributed by atoms with Crippen LogP contribution in [0.5, 0.6) is 0 Å². The maximum Gasteiger partial charge on any atom is 0.166 e. The van der Waals surface area contributed by atoms with Gasteiger partial charge < -0.3 is 4.90 Å². The first kappa shape index (κ1) is 12.9. The Morgan fingerprint density at radius 2 is 1.70 bits per heavy atom. The molecule has 102 valence electrons. The molecule has 0 N–H and O–H groups in total. The molecule has 3 rings (SSSR count). The van der Waals surface area contributed by atoms with Gasteiger partial charge in [0.15, 0.2) is 5.78 Å². The Hall–Kier alpha value is -2.09. The summed E-state index contributed by atoms with van der Waals surface area (Å²) in [5.41, 5.74) is 5.95. The van der Waals surface area contributed by atoms with Crippen molar-refractivity contribution in [3.8, 4) is 0 Å². The lowest BCUT2D eigenvalue weighted by Crippen LogP contribution is -2.32. The molecule has 0 radical (unpaired) electrons. The summed E-state index contributed by atoms with van der Waals surface area (Å²) in [5.74, 6) is 0.262. The fraction of sp³-hybridized carbons (Fsp3) is 0.278. The minimum absolute atomic E-state index is 0.262. The SMILES string of the molecule is Cc1cccc(C)c1CN1CCC(=O)c2ccccc21. The smallest absolute Gasteiger partial charge is 0.166 e. The maximum atomic E-state index is 12.0. The number of aryl methyl sites for hydroxylation is 2. The predicted octanol–water partition coefficient (Wildman–Crippen LogP) is 3.90. The Morgan fingerprint density at radius 3 is 2.45 bits per heavy atom. The lowest BCUT2D eigenvalue weighted by molar-refractivity contribution is 0.0979. The summed E-state index contributed by atoms with van der Waals surface area (Å²) in [5, 5.41) is 0. The largest absolute Gasteiger partial charge is 0.366 e. The minimum atomic E-state index is 0.262. The molecule has 0 saturated carbocycles. The van der Waals surface area contributed by atoms with Crippen LogP contribution in [0.4, 0.5) is 5.69 Å². The fourth-order valence-corrected chi connectivity index (χ4v) is 2.93. The van der Waals surface area contributed by atoms with Gasteiger partial charge in [-0.15, -0.1) is 0 Å². The third-order valence-electron chi connectivity index (χ3n) is 4.15. The van der Waals surface area contributed by atoms with Gasteiger partial charge in [-0.2, -0.15) is 0 Å². The lowest BCUT2D eigenvalue weighted by atomic mass is 9.97. The zero-order chi connectivity index (χ0) is 14.1. The predicted molar refractivity (Wildman–Crippen MR) is 82.4 cm³/mol. The van der Waals surface area contributed by atoms with E-state index in [1.165, 1.54) is 16.7 Å². The number of ketones is 1. The van der Waals surface area contributed by atoms with Gasteiger partial charge in [0.25, 0.3) is 0 Å². The number of Topliss-reactive ketones (excluding diaryl/α,β-unsaturated/α-hetero) is 1. The average molecular weight is 265 g/mol. The number of carbonyl (C=O) groups excluding carboxylic acids is 1. The Kier molecular flexibility index (Phi) is 3.31. The number of hydrogen-bond donors (Lipinski definition) is 0. The second-order valence-electron chi connectivity index (χ2n) is 5.48. The minimum Gasteiger partial charge on any atom is -0.366 e. The molecule has 1 aliphatic heterocycles. The molecule has 1 aliphatic rings. The van der Waals surface area contributed by atoms with Crippen molar-refractivity contribution in [3.63, 3.8) is 0 Å². The van der Waals surface area contributed by atoms with E-state index in [-0.39, 0.29) is 5.78 Å². The van der Waals surface area contributed by atoms with Crippen molar-refractivity contribution in [1.29, 1.82) is 0 Å². The van der Waals surface area contributed by atoms with Gasteiger partial charge in [-0.1, -0.05) is 30.3 Å². The summed E-state index contributed by atoms with van der Waals surface area (Å²) in [7, 11) is 0. The van der Waals surface area contributed by atoms with E-state index < -0.39 is 0 Å². The van der Waals surface area contributed by atoms with E-state index in [0.29, 0.717) is 6.42 Å². The topological polar surface area (TPSA) is 20.3 Å². The fourth-order valence-electron chi connectivity index (χ4n) is 2.93. The van der Waals surface area contributed by atoms with Gasteiger partial charge in [0.2, 0.25) is 0 Å². The van der Waals surface area contributed by atoms with E-state index in [2.05, 4.69) is 43.0 Å². The molecule has 0 unspecified atom stereocenters. The summed E-state index contributed by atoms with van der Waals surface area (Å²) >= 11 is 0. The van der Waals surface area contributed by atoms with Crippen molar-refractivity contribution in [2.45, 2.75) is 26.8 Å². The number of hydrogen-bond acceptors (Lipinski definition) is 2. The van der Waals surface area contributed by atoms with E-state index in [0.717, 1.165) is 24.3 Å². The Balaban J connectivity index is 1.97. The van der Waals surface area contributed by atoms with E-state index >= 15 is 0 Å². The zero-order valence-corrected chi connectivity index (χ0v) is 12.0. The van der Waals surface area contributed by atoms with Crippen LogP contribution in [0.3, 0.4) is 0 Å². The van der Waals surface area contributed by atoms with Crippen molar-refractivity contribution >= 4 is 11.5 Å². The Labute approximate surface area is 120 Å². The Morgan fingerprint density at radius 1 is 1.00 bits per heavy atom. The van der Waals surface area contributed by atoms with Crippen LogP contribution in [0.1, 0.15) is 33.5 Å². The first-order valence-electron chi connectivity index (χ1n) is 7.09. The number of benzene rings is 2. The molecular formula is C18H19NO. The molecule has 0 atom stereocenters.